The Bertz CT molecular complexity index is 2950. The number of hydrogen-bond acceptors (Lipinski definition) is 0. The molecule has 1 aliphatic heterocycles. The van der Waals surface area contributed by atoms with Crippen LogP contribution in [-0.2, 0) is 26.2 Å². The van der Waals surface area contributed by atoms with Gasteiger partial charge in [-0.1, -0.05) is 166 Å². The van der Waals surface area contributed by atoms with E-state index in [1.165, 1.54) is 121 Å². The fourth-order valence-electron chi connectivity index (χ4n) is 8.76. The van der Waals surface area contributed by atoms with Crippen molar-refractivity contribution in [1.29, 1.82) is 0 Å². The van der Waals surface area contributed by atoms with Crippen molar-refractivity contribution < 1.29 is 26.2 Å². The van der Waals surface area contributed by atoms with E-state index in [0.717, 1.165) is 9.52 Å². The molecule has 0 N–H and O–H groups in total. The molecule has 62 heavy (non-hydrogen) atoms. The van der Waals surface area contributed by atoms with Crippen LogP contribution in [0.4, 0.5) is 0 Å². The van der Waals surface area contributed by atoms with E-state index in [1.54, 1.807) is 0 Å². The normalized spacial score (nSPS) is 11.2. The van der Waals surface area contributed by atoms with Gasteiger partial charge in [-0.05, 0) is 86.1 Å². The van der Waals surface area contributed by atoms with Crippen LogP contribution in [0.15, 0.2) is 188 Å². The molecular formula is C60H49SiZr. The second kappa shape index (κ2) is 18.6. The predicted octanol–water partition coefficient (Wildman–Crippen LogP) is 14.8. The van der Waals surface area contributed by atoms with Gasteiger partial charge in [0.1, 0.15) is 0 Å². The molecule has 0 atom stereocenters. The third-order valence-corrected chi connectivity index (χ3v) is 14.1. The van der Waals surface area contributed by atoms with E-state index in [0.29, 0.717) is 0 Å². The van der Waals surface area contributed by atoms with E-state index in [-0.39, 0.29) is 26.2 Å². The number of fused-ring (bicyclic) bond motifs is 5. The maximum Gasteiger partial charge on any atom is 3.00 e. The van der Waals surface area contributed by atoms with Gasteiger partial charge in [0.2, 0.25) is 0 Å². The first-order valence-corrected chi connectivity index (χ1v) is 22.3. The minimum atomic E-state index is 0. The molecule has 0 fully saturated rings. The Morgan fingerprint density at radius 2 is 0.839 bits per heavy atom. The van der Waals surface area contributed by atoms with Crippen LogP contribution in [-0.4, -0.2) is 9.52 Å². The molecule has 3 radical (unpaired) electrons. The molecular weight excluding hydrogens is 840 g/mol. The van der Waals surface area contributed by atoms with Gasteiger partial charge in [-0.25, -0.2) is 0 Å². The summed E-state index contributed by atoms with van der Waals surface area (Å²) in [5.41, 5.74) is 21.5. The van der Waals surface area contributed by atoms with Crippen LogP contribution in [0.1, 0.15) is 33.4 Å². The van der Waals surface area contributed by atoms with Crippen molar-refractivity contribution in [3.05, 3.63) is 228 Å². The maximum absolute atomic E-state index is 3.31. The second-order valence-electron chi connectivity index (χ2n) is 16.3. The minimum absolute atomic E-state index is 0. The van der Waals surface area contributed by atoms with Crippen LogP contribution in [0.3, 0.4) is 0 Å². The monoisotopic (exact) mass is 887 g/mol. The standard InChI is InChI=1S/2C24H21.C12H7Si.Zr/c2*1-16-12-13-22(18(3)17(16)2)23-11-7-10-20-14-21(15-24(20)23)19-8-5-4-6-9-19;1-3-7-11-9(5-1)10-6-2-4-8-12(10)13-11;/h2*4-15H,1-3H3;1-7H;/q3*-1;+3. The molecule has 297 valence electrons. The van der Waals surface area contributed by atoms with Crippen LogP contribution in [0.5, 0.6) is 0 Å². The Hall–Kier alpha value is -5.92. The smallest absolute Gasteiger partial charge is 0.184 e. The van der Waals surface area contributed by atoms with Crippen molar-refractivity contribution in [2.24, 2.45) is 0 Å². The quantitative estimate of drug-likeness (QED) is 0.122. The summed E-state index contributed by atoms with van der Waals surface area (Å²) >= 11 is 0. The Balaban J connectivity index is 0.000000132. The topological polar surface area (TPSA) is 0 Å². The zero-order valence-corrected chi connectivity index (χ0v) is 39.9. The summed E-state index contributed by atoms with van der Waals surface area (Å²) in [6.45, 7) is 13.3. The fourth-order valence-corrected chi connectivity index (χ4v) is 10.1. The molecule has 0 saturated heterocycles. The van der Waals surface area contributed by atoms with Gasteiger partial charge in [-0.3, -0.25) is 0 Å². The van der Waals surface area contributed by atoms with Crippen LogP contribution in [0, 0.1) is 47.6 Å². The Morgan fingerprint density at radius 3 is 1.35 bits per heavy atom. The predicted molar refractivity (Wildman–Crippen MR) is 265 cm³/mol. The fraction of sp³-hybridized carbons (Fsp3) is 0.100. The molecule has 0 unspecified atom stereocenters. The van der Waals surface area contributed by atoms with Gasteiger partial charge in [0.15, 0.2) is 0 Å². The van der Waals surface area contributed by atoms with E-state index in [9.17, 15) is 0 Å². The maximum atomic E-state index is 3.31. The molecule has 10 aromatic carbocycles. The van der Waals surface area contributed by atoms with E-state index in [4.69, 9.17) is 0 Å². The molecule has 0 nitrogen and oxygen atoms in total. The molecule has 0 amide bonds. The van der Waals surface area contributed by atoms with E-state index in [2.05, 4.69) is 230 Å². The number of aryl methyl sites for hydroxylation is 2. The number of hydrogen-bond donors (Lipinski definition) is 0. The molecule has 0 bridgehead atoms. The van der Waals surface area contributed by atoms with Crippen LogP contribution < -0.4 is 10.4 Å². The van der Waals surface area contributed by atoms with Crippen LogP contribution in [0.2, 0.25) is 0 Å². The van der Waals surface area contributed by atoms with Crippen molar-refractivity contribution in [2.75, 3.05) is 0 Å². The molecule has 1 heterocycles. The first kappa shape index (κ1) is 42.8. The van der Waals surface area contributed by atoms with Gasteiger partial charge in [-0.2, -0.15) is 29.5 Å². The van der Waals surface area contributed by atoms with Crippen molar-refractivity contribution in [3.63, 3.8) is 0 Å². The van der Waals surface area contributed by atoms with Crippen molar-refractivity contribution in [2.45, 2.75) is 41.5 Å². The molecule has 10 aromatic rings. The Labute approximate surface area is 389 Å². The zero-order chi connectivity index (χ0) is 42.0. The number of benzene rings is 8. The zero-order valence-electron chi connectivity index (χ0n) is 36.4. The van der Waals surface area contributed by atoms with Crippen molar-refractivity contribution >= 4 is 41.4 Å². The first-order chi connectivity index (χ1) is 29.7. The van der Waals surface area contributed by atoms with Crippen molar-refractivity contribution in [1.82, 2.24) is 0 Å². The average Bonchev–Trinajstić information content (AvgIpc) is 4.05. The summed E-state index contributed by atoms with van der Waals surface area (Å²) in [5.74, 6) is 0. The van der Waals surface area contributed by atoms with Gasteiger partial charge in [0.25, 0.3) is 0 Å². The summed E-state index contributed by atoms with van der Waals surface area (Å²) in [4.78, 5) is 0. The molecule has 1 aliphatic rings. The summed E-state index contributed by atoms with van der Waals surface area (Å²) in [6, 6.07) is 70.9. The third-order valence-electron chi connectivity index (χ3n) is 12.7. The molecule has 0 saturated carbocycles. The van der Waals surface area contributed by atoms with Crippen LogP contribution in [0.25, 0.3) is 77.2 Å². The van der Waals surface area contributed by atoms with Gasteiger partial charge in [0, 0.05) is 0 Å². The second-order valence-corrected chi connectivity index (χ2v) is 17.6. The van der Waals surface area contributed by atoms with E-state index in [1.807, 2.05) is 6.07 Å². The van der Waals surface area contributed by atoms with Gasteiger partial charge < -0.3 is 0 Å². The summed E-state index contributed by atoms with van der Waals surface area (Å²) in [7, 11) is 0.795. The molecule has 11 rings (SSSR count). The SMILES string of the molecule is Cc1ccc(-c2cccc3[cH-]c(-c4ccccc4)cc23)c(C)c1C.Cc1ccc(-c2cccc3[cH-]c(-c4ccccc4)cc23)c(C)c1C.[Zr+3].[c-]1cccc2c1[Si]c1ccccc1-2. The van der Waals surface area contributed by atoms with Crippen molar-refractivity contribution in [3.8, 4) is 55.6 Å². The van der Waals surface area contributed by atoms with Gasteiger partial charge in [0.05, 0.1) is 9.52 Å². The van der Waals surface area contributed by atoms with E-state index < -0.39 is 0 Å². The van der Waals surface area contributed by atoms with Crippen LogP contribution >= 0.6 is 0 Å². The summed E-state index contributed by atoms with van der Waals surface area (Å²) in [6.07, 6.45) is 0. The average molecular weight is 889 g/mol. The first-order valence-electron chi connectivity index (χ1n) is 21.3. The largest absolute Gasteiger partial charge is 3.00 e. The van der Waals surface area contributed by atoms with Gasteiger partial charge >= 0.3 is 26.2 Å². The summed E-state index contributed by atoms with van der Waals surface area (Å²) < 4.78 is 0. The van der Waals surface area contributed by atoms with E-state index >= 15 is 0 Å². The summed E-state index contributed by atoms with van der Waals surface area (Å²) in [5, 5.41) is 8.11. The third kappa shape index (κ3) is 8.48. The Kier molecular flexibility index (Phi) is 12.8. The molecule has 0 spiro atoms. The molecule has 2 heteroatoms. The molecule has 0 aromatic heterocycles. The minimum Gasteiger partial charge on any atom is -0.184 e. The Morgan fingerprint density at radius 1 is 0.387 bits per heavy atom. The van der Waals surface area contributed by atoms with Gasteiger partial charge in [-0.15, -0.1) is 74.6 Å². The molecule has 0 aliphatic carbocycles. The number of rotatable bonds is 4.